The molecule has 8 heteroatoms. The van der Waals surface area contributed by atoms with Crippen LogP contribution in [0.15, 0.2) is 28.6 Å². The van der Waals surface area contributed by atoms with Crippen LogP contribution in [0.1, 0.15) is 39.2 Å². The molecule has 1 aromatic carbocycles. The Morgan fingerprint density at radius 3 is 2.54 bits per heavy atom. The van der Waals surface area contributed by atoms with Crippen molar-refractivity contribution in [3.8, 4) is 0 Å². The highest BCUT2D eigenvalue weighted by Crippen LogP contribution is 2.26. The maximum Gasteiger partial charge on any atom is 0.234 e. The second-order valence-corrected chi connectivity index (χ2v) is 8.35. The Hall–Kier alpha value is -1.93. The number of unbranched alkanes of at least 4 members (excludes halogenated alkanes) is 1. The van der Waals surface area contributed by atoms with Crippen LogP contribution < -0.4 is 10.6 Å². The van der Waals surface area contributed by atoms with Gasteiger partial charge < -0.3 is 10.6 Å². The zero-order chi connectivity index (χ0) is 18.9. The van der Waals surface area contributed by atoms with Gasteiger partial charge in [-0.25, -0.2) is 0 Å². The third-order valence-electron chi connectivity index (χ3n) is 3.54. The van der Waals surface area contributed by atoms with Gasteiger partial charge in [0.1, 0.15) is 0 Å². The van der Waals surface area contributed by atoms with Crippen molar-refractivity contribution in [2.75, 3.05) is 16.4 Å². The van der Waals surface area contributed by atoms with Gasteiger partial charge in [-0.15, -0.1) is 10.2 Å². The number of hydrogen-bond acceptors (Lipinski definition) is 6. The Morgan fingerprint density at radius 1 is 1.15 bits per heavy atom. The van der Waals surface area contributed by atoms with Crippen LogP contribution in [-0.2, 0) is 16.0 Å². The molecule has 1 aromatic heterocycles. The average molecular weight is 393 g/mol. The predicted octanol–water partition coefficient (Wildman–Crippen LogP) is 4.21. The van der Waals surface area contributed by atoms with Crippen molar-refractivity contribution in [2.24, 2.45) is 5.92 Å². The Morgan fingerprint density at radius 2 is 1.88 bits per heavy atom. The Kier molecular flexibility index (Phi) is 8.06. The first-order chi connectivity index (χ1) is 12.5. The first-order valence-corrected chi connectivity index (χ1v) is 10.4. The predicted molar refractivity (Wildman–Crippen MR) is 108 cm³/mol. The van der Waals surface area contributed by atoms with Crippen LogP contribution in [0.5, 0.6) is 0 Å². The normalized spacial score (nSPS) is 10.8. The maximum atomic E-state index is 12.1. The summed E-state index contributed by atoms with van der Waals surface area (Å²) in [7, 11) is 0. The summed E-state index contributed by atoms with van der Waals surface area (Å²) in [6.45, 7) is 5.80. The van der Waals surface area contributed by atoms with E-state index in [0.29, 0.717) is 9.47 Å². The first kappa shape index (κ1) is 20.4. The molecule has 0 saturated carbocycles. The Labute approximate surface area is 162 Å². The number of amides is 2. The maximum absolute atomic E-state index is 12.1. The highest BCUT2D eigenvalue weighted by atomic mass is 32.2. The fraction of sp³-hybridized carbons (Fsp3) is 0.444. The summed E-state index contributed by atoms with van der Waals surface area (Å²) in [5, 5.41) is 13.9. The van der Waals surface area contributed by atoms with Gasteiger partial charge >= 0.3 is 0 Å². The number of hydrogen-bond donors (Lipinski definition) is 2. The van der Waals surface area contributed by atoms with Gasteiger partial charge in [0.15, 0.2) is 4.34 Å². The minimum Gasteiger partial charge on any atom is -0.325 e. The molecule has 0 atom stereocenters. The van der Waals surface area contributed by atoms with Crippen molar-refractivity contribution in [3.05, 3.63) is 29.8 Å². The van der Waals surface area contributed by atoms with E-state index in [1.54, 1.807) is 0 Å². The van der Waals surface area contributed by atoms with Gasteiger partial charge in [0.2, 0.25) is 16.9 Å². The molecule has 1 heterocycles. The number of benzene rings is 1. The van der Waals surface area contributed by atoms with Crippen molar-refractivity contribution in [3.63, 3.8) is 0 Å². The van der Waals surface area contributed by atoms with E-state index in [1.165, 1.54) is 41.5 Å². The van der Waals surface area contributed by atoms with E-state index in [0.717, 1.165) is 12.1 Å². The molecular weight excluding hydrogens is 368 g/mol. The Balaban J connectivity index is 1.78. The summed E-state index contributed by atoms with van der Waals surface area (Å²) < 4.78 is 0.647. The van der Waals surface area contributed by atoms with Crippen LogP contribution in [0.3, 0.4) is 0 Å². The largest absolute Gasteiger partial charge is 0.325 e. The number of carbonyl (C=O) groups is 2. The smallest absolute Gasteiger partial charge is 0.234 e. The molecule has 140 valence electrons. The van der Waals surface area contributed by atoms with E-state index < -0.39 is 0 Å². The number of nitrogens with zero attached hydrogens (tertiary/aromatic N) is 2. The molecule has 0 radical (unpaired) electrons. The van der Waals surface area contributed by atoms with Gasteiger partial charge in [0.25, 0.3) is 0 Å². The van der Waals surface area contributed by atoms with Gasteiger partial charge in [0, 0.05) is 11.6 Å². The number of thioether (sulfide) groups is 1. The van der Waals surface area contributed by atoms with E-state index in [2.05, 4.69) is 27.8 Å². The molecule has 6 nitrogen and oxygen atoms in total. The molecule has 0 spiro atoms. The summed E-state index contributed by atoms with van der Waals surface area (Å²) >= 11 is 2.57. The minimum atomic E-state index is -0.117. The monoisotopic (exact) mass is 392 g/mol. The second kappa shape index (κ2) is 10.3. The molecule has 2 aromatic rings. The van der Waals surface area contributed by atoms with Gasteiger partial charge in [-0.2, -0.15) is 0 Å². The third-order valence-corrected chi connectivity index (χ3v) is 5.52. The lowest BCUT2D eigenvalue weighted by Gasteiger charge is -2.06. The van der Waals surface area contributed by atoms with Gasteiger partial charge in [-0.05, 0) is 30.5 Å². The fourth-order valence-electron chi connectivity index (χ4n) is 2.03. The van der Waals surface area contributed by atoms with Crippen LogP contribution in [-0.4, -0.2) is 27.8 Å². The number of aryl methyl sites for hydroxylation is 1. The molecule has 0 bridgehead atoms. The molecule has 2 amide bonds. The van der Waals surface area contributed by atoms with Crippen molar-refractivity contribution in [1.29, 1.82) is 0 Å². The summed E-state index contributed by atoms with van der Waals surface area (Å²) in [6, 6.07) is 7.95. The summed E-state index contributed by atoms with van der Waals surface area (Å²) in [5.41, 5.74) is 2.07. The zero-order valence-electron chi connectivity index (χ0n) is 15.2. The molecule has 0 saturated heterocycles. The quantitative estimate of drug-likeness (QED) is 0.493. The van der Waals surface area contributed by atoms with Crippen molar-refractivity contribution in [1.82, 2.24) is 10.2 Å². The molecule has 26 heavy (non-hydrogen) atoms. The zero-order valence-corrected chi connectivity index (χ0v) is 16.9. The van der Waals surface area contributed by atoms with Crippen LogP contribution >= 0.6 is 23.1 Å². The minimum absolute atomic E-state index is 0.0979. The lowest BCUT2D eigenvalue weighted by atomic mass is 10.1. The summed E-state index contributed by atoms with van der Waals surface area (Å²) in [5.74, 6) is -0.0732. The molecule has 0 aliphatic heterocycles. The molecule has 0 aliphatic rings. The molecular formula is C18H24N4O2S2. The highest BCUT2D eigenvalue weighted by Gasteiger charge is 2.12. The van der Waals surface area contributed by atoms with E-state index in [-0.39, 0.29) is 23.5 Å². The average Bonchev–Trinajstić information content (AvgIpc) is 3.06. The van der Waals surface area contributed by atoms with E-state index >= 15 is 0 Å². The number of aromatic nitrogens is 2. The number of anilines is 2. The molecule has 2 rings (SSSR count). The summed E-state index contributed by atoms with van der Waals surface area (Å²) in [6.07, 6.45) is 3.40. The molecule has 0 fully saturated rings. The highest BCUT2D eigenvalue weighted by molar-refractivity contribution is 8.01. The summed E-state index contributed by atoms with van der Waals surface area (Å²) in [4.78, 5) is 23.7. The van der Waals surface area contributed by atoms with Crippen molar-refractivity contribution < 1.29 is 9.59 Å². The van der Waals surface area contributed by atoms with E-state index in [9.17, 15) is 9.59 Å². The number of nitrogens with one attached hydrogen (secondary N) is 2. The Bertz CT molecular complexity index is 729. The van der Waals surface area contributed by atoms with Crippen molar-refractivity contribution >= 4 is 45.7 Å². The van der Waals surface area contributed by atoms with Crippen LogP contribution in [0.25, 0.3) is 0 Å². The topological polar surface area (TPSA) is 84.0 Å². The number of carbonyl (C=O) groups excluding carboxylic acids is 2. The fourth-order valence-corrected chi connectivity index (χ4v) is 3.58. The van der Waals surface area contributed by atoms with E-state index in [4.69, 9.17) is 0 Å². The van der Waals surface area contributed by atoms with Crippen LogP contribution in [0, 0.1) is 5.92 Å². The molecule has 0 aliphatic carbocycles. The lowest BCUT2D eigenvalue weighted by Crippen LogP contribution is -2.17. The van der Waals surface area contributed by atoms with Crippen molar-refractivity contribution in [2.45, 2.75) is 44.4 Å². The second-order valence-electron chi connectivity index (χ2n) is 6.15. The van der Waals surface area contributed by atoms with Gasteiger partial charge in [-0.3, -0.25) is 9.59 Å². The standard InChI is InChI=1S/C18H24N4O2S2/c1-4-5-6-13-7-9-14(10-8-13)19-15(23)11-25-18-22-21-17(26-18)20-16(24)12(2)3/h7-10,12H,4-6,11H2,1-3H3,(H,19,23)(H,20,21,24). The first-order valence-electron chi connectivity index (χ1n) is 8.64. The SMILES string of the molecule is CCCCc1ccc(NC(=O)CSc2nnc(NC(=O)C(C)C)s2)cc1. The van der Waals surface area contributed by atoms with Crippen LogP contribution in [0.4, 0.5) is 10.8 Å². The molecule has 0 unspecified atom stereocenters. The number of rotatable bonds is 9. The van der Waals surface area contributed by atoms with Gasteiger partial charge in [0.05, 0.1) is 5.75 Å². The molecule has 2 N–H and O–H groups in total. The third kappa shape index (κ3) is 6.76. The lowest BCUT2D eigenvalue weighted by molar-refractivity contribution is -0.119. The van der Waals surface area contributed by atoms with Gasteiger partial charge in [-0.1, -0.05) is 62.4 Å². The van der Waals surface area contributed by atoms with E-state index in [1.807, 2.05) is 38.1 Å². The van der Waals surface area contributed by atoms with Crippen LogP contribution in [0.2, 0.25) is 0 Å².